The van der Waals surface area contributed by atoms with E-state index in [2.05, 4.69) is 13.5 Å². The van der Waals surface area contributed by atoms with Crippen molar-refractivity contribution in [2.45, 2.75) is 39.7 Å². The SMILES string of the molecule is C=CC(C)(C)[C@@H](O)c1cc(CCC)ccc1-c1cc(OC)ccc1F. The third-order valence-corrected chi connectivity index (χ3v) is 4.64. The Morgan fingerprint density at radius 1 is 1.20 bits per heavy atom. The zero-order valence-corrected chi connectivity index (χ0v) is 15.5. The summed E-state index contributed by atoms with van der Waals surface area (Å²) in [5, 5.41) is 11.0. The minimum absolute atomic E-state index is 0.339. The molecule has 1 atom stereocenters. The third-order valence-electron chi connectivity index (χ3n) is 4.64. The van der Waals surface area contributed by atoms with Crippen molar-refractivity contribution in [1.29, 1.82) is 0 Å². The van der Waals surface area contributed by atoms with E-state index in [-0.39, 0.29) is 5.82 Å². The Morgan fingerprint density at radius 2 is 1.92 bits per heavy atom. The van der Waals surface area contributed by atoms with Gasteiger partial charge in [0, 0.05) is 11.0 Å². The normalized spacial score (nSPS) is 12.7. The van der Waals surface area contributed by atoms with Crippen molar-refractivity contribution in [2.24, 2.45) is 5.41 Å². The summed E-state index contributed by atoms with van der Waals surface area (Å²) in [6.45, 7) is 9.78. The minimum Gasteiger partial charge on any atom is -0.497 e. The third kappa shape index (κ3) is 4.10. The van der Waals surface area contributed by atoms with Gasteiger partial charge in [0.1, 0.15) is 11.6 Å². The van der Waals surface area contributed by atoms with Crippen LogP contribution in [-0.2, 0) is 6.42 Å². The highest BCUT2D eigenvalue weighted by atomic mass is 19.1. The number of ether oxygens (including phenoxy) is 1. The zero-order chi connectivity index (χ0) is 18.6. The summed E-state index contributed by atoms with van der Waals surface area (Å²) < 4.78 is 19.7. The Bertz CT molecular complexity index is 750. The molecule has 0 heterocycles. The number of methoxy groups -OCH3 is 1. The van der Waals surface area contributed by atoms with E-state index in [1.54, 1.807) is 25.3 Å². The molecule has 3 heteroatoms. The molecule has 0 saturated heterocycles. The maximum atomic E-state index is 14.5. The van der Waals surface area contributed by atoms with E-state index < -0.39 is 11.5 Å². The lowest BCUT2D eigenvalue weighted by Gasteiger charge is -2.29. The molecule has 0 fully saturated rings. The first kappa shape index (κ1) is 19.2. The predicted molar refractivity (Wildman–Crippen MR) is 101 cm³/mol. The second kappa shape index (κ2) is 7.83. The molecule has 2 aromatic carbocycles. The molecule has 2 rings (SSSR count). The number of aliphatic hydroxyl groups excluding tert-OH is 1. The summed E-state index contributed by atoms with van der Waals surface area (Å²) in [5.74, 6) is 0.242. The van der Waals surface area contributed by atoms with E-state index >= 15 is 0 Å². The fourth-order valence-corrected chi connectivity index (χ4v) is 2.88. The second-order valence-corrected chi connectivity index (χ2v) is 6.95. The van der Waals surface area contributed by atoms with Crippen LogP contribution in [0.1, 0.15) is 44.4 Å². The number of rotatable bonds is 7. The summed E-state index contributed by atoms with van der Waals surface area (Å²) >= 11 is 0. The topological polar surface area (TPSA) is 29.5 Å². The van der Waals surface area contributed by atoms with Gasteiger partial charge < -0.3 is 9.84 Å². The molecule has 2 nitrogen and oxygen atoms in total. The molecule has 0 aliphatic rings. The van der Waals surface area contributed by atoms with Gasteiger partial charge in [-0.25, -0.2) is 4.39 Å². The first-order chi connectivity index (χ1) is 11.8. The molecule has 0 aromatic heterocycles. The average molecular weight is 342 g/mol. The van der Waals surface area contributed by atoms with Gasteiger partial charge in [-0.1, -0.05) is 51.5 Å². The van der Waals surface area contributed by atoms with Gasteiger partial charge in [-0.05, 0) is 41.3 Å². The minimum atomic E-state index is -0.789. The Balaban J connectivity index is 2.67. The van der Waals surface area contributed by atoms with Crippen molar-refractivity contribution in [3.63, 3.8) is 0 Å². The van der Waals surface area contributed by atoms with Gasteiger partial charge in [0.15, 0.2) is 0 Å². The van der Waals surface area contributed by atoms with Crippen molar-refractivity contribution in [3.8, 4) is 16.9 Å². The number of aliphatic hydroxyl groups is 1. The summed E-state index contributed by atoms with van der Waals surface area (Å²) in [6.07, 6.45) is 2.86. The van der Waals surface area contributed by atoms with Crippen LogP contribution in [0.25, 0.3) is 11.1 Å². The maximum absolute atomic E-state index is 14.5. The van der Waals surface area contributed by atoms with E-state index in [0.29, 0.717) is 22.4 Å². The second-order valence-electron chi connectivity index (χ2n) is 6.95. The van der Waals surface area contributed by atoms with Crippen LogP contribution < -0.4 is 4.74 Å². The Morgan fingerprint density at radius 3 is 2.52 bits per heavy atom. The summed E-state index contributed by atoms with van der Waals surface area (Å²) in [4.78, 5) is 0. The van der Waals surface area contributed by atoms with Crippen molar-refractivity contribution in [3.05, 3.63) is 66.0 Å². The molecule has 0 aliphatic carbocycles. The molecular weight excluding hydrogens is 315 g/mol. The number of benzene rings is 2. The van der Waals surface area contributed by atoms with E-state index in [4.69, 9.17) is 4.74 Å². The summed E-state index contributed by atoms with van der Waals surface area (Å²) in [7, 11) is 1.55. The molecule has 25 heavy (non-hydrogen) atoms. The van der Waals surface area contributed by atoms with Gasteiger partial charge >= 0.3 is 0 Å². The van der Waals surface area contributed by atoms with Crippen LogP contribution in [0.5, 0.6) is 5.75 Å². The molecule has 0 bridgehead atoms. The standard InChI is InChI=1S/C22H27FO2/c1-6-8-15-9-11-17(18-14-16(25-5)10-12-20(18)23)19(13-15)21(24)22(3,4)7-2/h7,9-14,21,24H,2,6,8H2,1,3-5H3/t21-/m0/s1. The van der Waals surface area contributed by atoms with Gasteiger partial charge in [0.05, 0.1) is 13.2 Å². The number of hydrogen-bond donors (Lipinski definition) is 1. The molecule has 134 valence electrons. The van der Waals surface area contributed by atoms with Crippen LogP contribution in [0.3, 0.4) is 0 Å². The first-order valence-electron chi connectivity index (χ1n) is 8.62. The monoisotopic (exact) mass is 342 g/mol. The van der Waals surface area contributed by atoms with Crippen LogP contribution in [-0.4, -0.2) is 12.2 Å². The molecule has 0 aliphatic heterocycles. The predicted octanol–water partition coefficient (Wildman–Crippen LogP) is 5.70. The van der Waals surface area contributed by atoms with E-state index in [1.807, 2.05) is 32.0 Å². The van der Waals surface area contributed by atoms with Crippen LogP contribution >= 0.6 is 0 Å². The van der Waals surface area contributed by atoms with Crippen LogP contribution in [0.2, 0.25) is 0 Å². The van der Waals surface area contributed by atoms with Crippen molar-refractivity contribution >= 4 is 0 Å². The summed E-state index contributed by atoms with van der Waals surface area (Å²) in [5.41, 5.74) is 2.41. The van der Waals surface area contributed by atoms with Gasteiger partial charge in [-0.2, -0.15) is 0 Å². The molecule has 0 amide bonds. The van der Waals surface area contributed by atoms with Gasteiger partial charge in [0.25, 0.3) is 0 Å². The van der Waals surface area contributed by atoms with Crippen molar-refractivity contribution in [2.75, 3.05) is 7.11 Å². The van der Waals surface area contributed by atoms with E-state index in [9.17, 15) is 9.50 Å². The lowest BCUT2D eigenvalue weighted by Crippen LogP contribution is -2.20. The van der Waals surface area contributed by atoms with E-state index in [1.165, 1.54) is 6.07 Å². The zero-order valence-electron chi connectivity index (χ0n) is 15.5. The molecule has 0 spiro atoms. The molecule has 1 N–H and O–H groups in total. The van der Waals surface area contributed by atoms with Gasteiger partial charge in [-0.3, -0.25) is 0 Å². The van der Waals surface area contributed by atoms with Gasteiger partial charge in [-0.15, -0.1) is 6.58 Å². The van der Waals surface area contributed by atoms with E-state index in [0.717, 1.165) is 18.4 Å². The maximum Gasteiger partial charge on any atom is 0.131 e. The smallest absolute Gasteiger partial charge is 0.131 e. The molecule has 2 aromatic rings. The van der Waals surface area contributed by atoms with Crippen LogP contribution in [0.4, 0.5) is 4.39 Å². The highest BCUT2D eigenvalue weighted by Gasteiger charge is 2.29. The molecular formula is C22H27FO2. The Kier molecular flexibility index (Phi) is 6.02. The van der Waals surface area contributed by atoms with Crippen molar-refractivity contribution < 1.29 is 14.2 Å². The largest absolute Gasteiger partial charge is 0.497 e. The number of hydrogen-bond acceptors (Lipinski definition) is 2. The highest BCUT2D eigenvalue weighted by molar-refractivity contribution is 5.70. The number of halogens is 1. The lowest BCUT2D eigenvalue weighted by molar-refractivity contribution is 0.0826. The van der Waals surface area contributed by atoms with Gasteiger partial charge in [0.2, 0.25) is 0 Å². The molecule has 0 radical (unpaired) electrons. The molecule has 0 saturated carbocycles. The average Bonchev–Trinajstić information content (AvgIpc) is 2.62. The number of aryl methyl sites for hydroxylation is 1. The Hall–Kier alpha value is -2.13. The first-order valence-corrected chi connectivity index (χ1v) is 8.62. The molecule has 0 unspecified atom stereocenters. The fourth-order valence-electron chi connectivity index (χ4n) is 2.88. The lowest BCUT2D eigenvalue weighted by atomic mass is 9.79. The quantitative estimate of drug-likeness (QED) is 0.654. The Labute approximate surface area is 150 Å². The van der Waals surface area contributed by atoms with Crippen LogP contribution in [0, 0.1) is 11.2 Å². The van der Waals surface area contributed by atoms with Crippen molar-refractivity contribution in [1.82, 2.24) is 0 Å². The highest BCUT2D eigenvalue weighted by Crippen LogP contribution is 2.41. The van der Waals surface area contributed by atoms with Crippen LogP contribution in [0.15, 0.2) is 49.1 Å². The fraction of sp³-hybridized carbons (Fsp3) is 0.364. The summed E-state index contributed by atoms with van der Waals surface area (Å²) in [6, 6.07) is 10.5.